The number of carbonyl (C=O) groups excluding carboxylic acids is 4. The molecule has 2 saturated heterocycles. The van der Waals surface area contributed by atoms with Crippen LogP contribution in [-0.2, 0) is 19.2 Å². The maximum absolute atomic E-state index is 13.6. The molecule has 10 nitrogen and oxygen atoms in total. The van der Waals surface area contributed by atoms with Crippen molar-refractivity contribution in [3.05, 3.63) is 29.8 Å². The van der Waals surface area contributed by atoms with Crippen LogP contribution in [0.2, 0.25) is 0 Å². The number of ether oxygens (including phenoxy) is 1. The van der Waals surface area contributed by atoms with Gasteiger partial charge in [0, 0.05) is 31.1 Å². The summed E-state index contributed by atoms with van der Waals surface area (Å²) in [5, 5.41) is 5.67. The molecule has 190 valence electrons. The van der Waals surface area contributed by atoms with Crippen LogP contribution in [0.3, 0.4) is 0 Å². The van der Waals surface area contributed by atoms with E-state index in [4.69, 9.17) is 10.5 Å². The van der Waals surface area contributed by atoms with Crippen LogP contribution in [0.5, 0.6) is 5.75 Å². The van der Waals surface area contributed by atoms with Crippen molar-refractivity contribution < 1.29 is 28.3 Å². The van der Waals surface area contributed by atoms with Crippen LogP contribution in [0.1, 0.15) is 44.2 Å². The fraction of sp³-hybridized carbons (Fsp3) is 0.583. The van der Waals surface area contributed by atoms with Gasteiger partial charge in [0.25, 0.3) is 5.91 Å². The highest BCUT2D eigenvalue weighted by molar-refractivity contribution is 5.94. The lowest BCUT2D eigenvalue weighted by molar-refractivity contribution is -0.147. The molecule has 4 amide bonds. The first-order chi connectivity index (χ1) is 16.8. The molecule has 3 aliphatic heterocycles. The molecule has 5 atom stereocenters. The van der Waals surface area contributed by atoms with Gasteiger partial charge in [-0.25, -0.2) is 4.39 Å². The summed E-state index contributed by atoms with van der Waals surface area (Å²) >= 11 is 0. The maximum atomic E-state index is 13.6. The minimum Gasteiger partial charge on any atom is -0.493 e. The fourth-order valence-electron chi connectivity index (χ4n) is 5.11. The van der Waals surface area contributed by atoms with E-state index in [9.17, 15) is 23.6 Å². The largest absolute Gasteiger partial charge is 0.493 e. The predicted molar refractivity (Wildman–Crippen MR) is 124 cm³/mol. The molecule has 0 aliphatic carbocycles. The Morgan fingerprint density at radius 3 is 2.66 bits per heavy atom. The zero-order valence-corrected chi connectivity index (χ0v) is 19.7. The van der Waals surface area contributed by atoms with Crippen molar-refractivity contribution >= 4 is 23.6 Å². The zero-order valence-electron chi connectivity index (χ0n) is 19.7. The Labute approximate surface area is 203 Å². The Balaban J connectivity index is 1.54. The van der Waals surface area contributed by atoms with E-state index < -0.39 is 42.5 Å². The Bertz CT molecular complexity index is 989. The van der Waals surface area contributed by atoms with Gasteiger partial charge in [-0.05, 0) is 32.3 Å². The van der Waals surface area contributed by atoms with Crippen molar-refractivity contribution in [3.8, 4) is 5.75 Å². The van der Waals surface area contributed by atoms with Crippen molar-refractivity contribution in [3.63, 3.8) is 0 Å². The lowest BCUT2D eigenvalue weighted by atomic mass is 10.00. The quantitative estimate of drug-likeness (QED) is 0.534. The average Bonchev–Trinajstić information content (AvgIpc) is 3.27. The third-order valence-corrected chi connectivity index (χ3v) is 6.97. The van der Waals surface area contributed by atoms with E-state index in [1.807, 2.05) is 24.3 Å². The van der Waals surface area contributed by atoms with Crippen molar-refractivity contribution in [2.24, 2.45) is 5.73 Å². The monoisotopic (exact) mass is 489 g/mol. The van der Waals surface area contributed by atoms with E-state index in [0.29, 0.717) is 32.3 Å². The second-order valence-electron chi connectivity index (χ2n) is 9.34. The average molecular weight is 490 g/mol. The number of hydrogen-bond acceptors (Lipinski definition) is 6. The van der Waals surface area contributed by atoms with Crippen LogP contribution in [0.4, 0.5) is 4.39 Å². The normalized spacial score (nSPS) is 27.0. The molecule has 1 aromatic carbocycles. The van der Waals surface area contributed by atoms with Crippen molar-refractivity contribution in [2.75, 3.05) is 26.4 Å². The number of carbonyl (C=O) groups is 4. The fourth-order valence-corrected chi connectivity index (χ4v) is 5.11. The number of nitrogens with zero attached hydrogens (tertiary/aromatic N) is 2. The molecular formula is C24H32FN5O5. The number of halogens is 1. The molecule has 0 radical (unpaired) electrons. The van der Waals surface area contributed by atoms with E-state index in [2.05, 4.69) is 10.6 Å². The lowest BCUT2D eigenvalue weighted by Crippen LogP contribution is -2.62. The number of rotatable bonds is 5. The van der Waals surface area contributed by atoms with E-state index in [1.54, 1.807) is 4.90 Å². The van der Waals surface area contributed by atoms with Gasteiger partial charge in [-0.3, -0.25) is 19.2 Å². The second-order valence-corrected chi connectivity index (χ2v) is 9.34. The minimum absolute atomic E-state index is 0.176. The molecule has 4 rings (SSSR count). The van der Waals surface area contributed by atoms with Crippen LogP contribution in [0.15, 0.2) is 24.3 Å². The number of nitrogens with two attached hydrogens (primary N) is 1. The molecule has 0 saturated carbocycles. The molecule has 4 N–H and O–H groups in total. The van der Waals surface area contributed by atoms with Gasteiger partial charge in [-0.15, -0.1) is 0 Å². The van der Waals surface area contributed by atoms with Gasteiger partial charge in [0.2, 0.25) is 17.7 Å². The summed E-state index contributed by atoms with van der Waals surface area (Å²) in [7, 11) is 0. The first-order valence-electron chi connectivity index (χ1n) is 12.0. The number of para-hydroxylation sites is 1. The van der Waals surface area contributed by atoms with Gasteiger partial charge in [0.1, 0.15) is 17.8 Å². The van der Waals surface area contributed by atoms with Gasteiger partial charge in [-0.1, -0.05) is 18.2 Å². The first-order valence-corrected chi connectivity index (χ1v) is 12.0. The third-order valence-electron chi connectivity index (χ3n) is 6.97. The zero-order chi connectivity index (χ0) is 25.1. The maximum Gasteiger partial charge on any atom is 0.254 e. The number of benzene rings is 1. The standard InChI is InChI=1S/C24H32FN5O5/c1-14(26)22(32)28-18-13-29(21(31)12-25)10-8-15-6-7-19(30(15)24(18)34)23(33)27-17-9-11-35-20-5-3-2-4-16(17)20/h2-5,14-15,17-19H,6-13,26H2,1H3,(H,27,33)(H,28,32)/t14-,15+,17+,18-,19-/m0/s1. The van der Waals surface area contributed by atoms with Crippen LogP contribution < -0.4 is 21.1 Å². The van der Waals surface area contributed by atoms with Crippen LogP contribution in [-0.4, -0.2) is 84.0 Å². The number of amides is 4. The summed E-state index contributed by atoms with van der Waals surface area (Å²) in [6, 6.07) is 4.29. The van der Waals surface area contributed by atoms with E-state index in [0.717, 1.165) is 11.3 Å². The first kappa shape index (κ1) is 24.9. The second kappa shape index (κ2) is 10.6. The lowest BCUT2D eigenvalue weighted by Gasteiger charge is -2.39. The van der Waals surface area contributed by atoms with Gasteiger partial charge >= 0.3 is 0 Å². The molecule has 1 aromatic rings. The Kier molecular flexibility index (Phi) is 7.54. The summed E-state index contributed by atoms with van der Waals surface area (Å²) in [4.78, 5) is 54.3. The third kappa shape index (κ3) is 5.24. The van der Waals surface area contributed by atoms with Gasteiger partial charge in [0.05, 0.1) is 18.7 Å². The topological polar surface area (TPSA) is 134 Å². The molecule has 11 heteroatoms. The molecular weight excluding hydrogens is 457 g/mol. The molecule has 35 heavy (non-hydrogen) atoms. The van der Waals surface area contributed by atoms with Crippen LogP contribution in [0.25, 0.3) is 0 Å². The molecule has 0 spiro atoms. The number of hydrogen-bond donors (Lipinski definition) is 3. The summed E-state index contributed by atoms with van der Waals surface area (Å²) in [5.74, 6) is -1.31. The smallest absolute Gasteiger partial charge is 0.254 e. The predicted octanol–water partition coefficient (Wildman–Crippen LogP) is 0.0198. The van der Waals surface area contributed by atoms with E-state index in [1.165, 1.54) is 11.8 Å². The molecule has 2 fully saturated rings. The number of nitrogens with one attached hydrogen (secondary N) is 2. The molecule has 0 aromatic heterocycles. The molecule has 0 bridgehead atoms. The Hall–Kier alpha value is -3.21. The van der Waals surface area contributed by atoms with Gasteiger partial charge in [-0.2, -0.15) is 0 Å². The SMILES string of the molecule is C[C@H](N)C(=O)N[C@H]1CN(C(=O)CF)CC[C@H]2CC[C@@H](C(=O)N[C@@H]3CCOc4ccccc43)N2C1=O. The van der Waals surface area contributed by atoms with Crippen LogP contribution in [0, 0.1) is 0 Å². The summed E-state index contributed by atoms with van der Waals surface area (Å²) < 4.78 is 18.8. The number of alkyl halides is 1. The summed E-state index contributed by atoms with van der Waals surface area (Å²) in [5.41, 5.74) is 6.55. The molecule has 0 unspecified atom stereocenters. The Morgan fingerprint density at radius 2 is 1.91 bits per heavy atom. The highest BCUT2D eigenvalue weighted by Gasteiger charge is 2.46. The highest BCUT2D eigenvalue weighted by Crippen LogP contribution is 2.33. The summed E-state index contributed by atoms with van der Waals surface area (Å²) in [6.45, 7) is 0.818. The van der Waals surface area contributed by atoms with Crippen molar-refractivity contribution in [2.45, 2.75) is 62.8 Å². The van der Waals surface area contributed by atoms with E-state index in [-0.39, 0.29) is 31.1 Å². The van der Waals surface area contributed by atoms with Crippen LogP contribution >= 0.6 is 0 Å². The van der Waals surface area contributed by atoms with Crippen molar-refractivity contribution in [1.82, 2.24) is 20.4 Å². The summed E-state index contributed by atoms with van der Waals surface area (Å²) in [6.07, 6.45) is 2.06. The van der Waals surface area contributed by atoms with E-state index >= 15 is 0 Å². The molecule has 3 heterocycles. The number of fused-ring (bicyclic) bond motifs is 2. The van der Waals surface area contributed by atoms with Gasteiger partial charge < -0.3 is 30.9 Å². The van der Waals surface area contributed by atoms with Crippen molar-refractivity contribution in [1.29, 1.82) is 0 Å². The molecule has 3 aliphatic rings. The van der Waals surface area contributed by atoms with Gasteiger partial charge in [0.15, 0.2) is 6.67 Å². The highest BCUT2D eigenvalue weighted by atomic mass is 19.1. The minimum atomic E-state index is -1.19. The Morgan fingerprint density at radius 1 is 1.14 bits per heavy atom.